The number of benzene rings is 2. The highest BCUT2D eigenvalue weighted by Crippen LogP contribution is 2.31. The smallest absolute Gasteiger partial charge is 0.263 e. The molecule has 38 heavy (non-hydrogen) atoms. The van der Waals surface area contributed by atoms with E-state index in [2.05, 4.69) is 26.6 Å². The molecule has 1 aliphatic carbocycles. The van der Waals surface area contributed by atoms with Gasteiger partial charge < -0.3 is 14.4 Å². The molecule has 0 radical (unpaired) electrons. The largest absolute Gasteiger partial charge is 0.492 e. The third kappa shape index (κ3) is 6.39. The maximum atomic E-state index is 13.1. The van der Waals surface area contributed by atoms with Gasteiger partial charge in [-0.2, -0.15) is 0 Å². The Kier molecular flexibility index (Phi) is 8.07. The summed E-state index contributed by atoms with van der Waals surface area (Å²) in [7, 11) is -1.72. The lowest BCUT2D eigenvalue weighted by Crippen LogP contribution is -2.32. The Balaban J connectivity index is 1.31. The topological polar surface area (TPSA) is 93.7 Å². The number of hydrogen-bond donors (Lipinski definition) is 1. The van der Waals surface area contributed by atoms with Crippen LogP contribution in [-0.2, 0) is 29.5 Å². The predicted molar refractivity (Wildman–Crippen MR) is 148 cm³/mol. The first-order chi connectivity index (χ1) is 18.3. The van der Waals surface area contributed by atoms with Crippen molar-refractivity contribution in [2.24, 2.45) is 5.92 Å². The van der Waals surface area contributed by atoms with E-state index in [9.17, 15) is 8.42 Å². The van der Waals surface area contributed by atoms with Crippen molar-refractivity contribution in [3.8, 4) is 11.6 Å². The second-order valence-electron chi connectivity index (χ2n) is 10.2. The summed E-state index contributed by atoms with van der Waals surface area (Å²) in [5.41, 5.74) is 3.46. The molecule has 0 unspecified atom stereocenters. The van der Waals surface area contributed by atoms with E-state index >= 15 is 0 Å². The molecule has 1 aliphatic heterocycles. The lowest BCUT2D eigenvalue weighted by atomic mass is 9.98. The molecule has 0 amide bonds. The summed E-state index contributed by atoms with van der Waals surface area (Å²) in [5.74, 6) is 1.38. The van der Waals surface area contributed by atoms with Crippen LogP contribution in [0.2, 0.25) is 5.02 Å². The van der Waals surface area contributed by atoms with Gasteiger partial charge in [0.25, 0.3) is 15.9 Å². The monoisotopic (exact) mass is 556 g/mol. The highest BCUT2D eigenvalue weighted by atomic mass is 35.5. The minimum atomic E-state index is -3.86. The number of nitrogens with one attached hydrogen (secondary N) is 1. The van der Waals surface area contributed by atoms with Crippen LogP contribution in [0.15, 0.2) is 47.4 Å². The van der Waals surface area contributed by atoms with E-state index in [-0.39, 0.29) is 23.2 Å². The van der Waals surface area contributed by atoms with Crippen molar-refractivity contribution >= 4 is 27.4 Å². The van der Waals surface area contributed by atoms with Gasteiger partial charge in [0.15, 0.2) is 0 Å². The number of aryl methyl sites for hydroxylation is 3. The van der Waals surface area contributed by atoms with E-state index in [1.54, 1.807) is 30.3 Å². The number of ether oxygens (including phenoxy) is 2. The second-order valence-corrected chi connectivity index (χ2v) is 12.2. The van der Waals surface area contributed by atoms with Crippen LogP contribution in [0.3, 0.4) is 0 Å². The van der Waals surface area contributed by atoms with Crippen LogP contribution in [-0.4, -0.2) is 50.0 Å². The molecule has 10 heteroatoms. The number of sulfonamides is 1. The Labute approximate surface area is 229 Å². The molecule has 1 fully saturated rings. The molecule has 0 spiro atoms. The fourth-order valence-corrected chi connectivity index (χ4v) is 5.89. The van der Waals surface area contributed by atoms with Crippen LogP contribution >= 0.6 is 11.6 Å². The van der Waals surface area contributed by atoms with Crippen LogP contribution < -0.4 is 14.2 Å². The maximum absolute atomic E-state index is 13.1. The Morgan fingerprint density at radius 2 is 1.74 bits per heavy atom. The Hall–Kier alpha value is -2.88. The number of rotatable bonds is 9. The van der Waals surface area contributed by atoms with E-state index in [0.29, 0.717) is 23.3 Å². The van der Waals surface area contributed by atoms with E-state index in [0.717, 1.165) is 67.7 Å². The average Bonchev–Trinajstić information content (AvgIpc) is 3.35. The highest BCUT2D eigenvalue weighted by Gasteiger charge is 2.24. The molecular formula is C28H33ClN4O4S. The highest BCUT2D eigenvalue weighted by molar-refractivity contribution is 7.92. The minimum absolute atomic E-state index is 0.0962. The van der Waals surface area contributed by atoms with Gasteiger partial charge >= 0.3 is 0 Å². The van der Waals surface area contributed by atoms with Gasteiger partial charge in [-0.05, 0) is 94.9 Å². The Morgan fingerprint density at radius 1 is 1.03 bits per heavy atom. The van der Waals surface area contributed by atoms with Gasteiger partial charge in [0.1, 0.15) is 12.4 Å². The summed E-state index contributed by atoms with van der Waals surface area (Å²) in [6.07, 6.45) is 4.69. The molecule has 0 saturated carbocycles. The molecule has 202 valence electrons. The van der Waals surface area contributed by atoms with E-state index in [1.807, 2.05) is 19.1 Å². The molecule has 0 bridgehead atoms. The Morgan fingerprint density at radius 3 is 2.47 bits per heavy atom. The standard InChI is InChI=1S/C28H33ClN4O4S/c1-19-6-9-22(10-7-19)38(34,35)32-27-28(31-25-5-3-4-24(25)30-27)37-18-21-8-11-23(29)26(16-21)36-17-20-12-14-33(2)15-13-20/h6-11,16,20H,3-5,12-15,17-18H2,1-2H3,(H,30,32). The number of anilines is 1. The molecular weight excluding hydrogens is 524 g/mol. The van der Waals surface area contributed by atoms with Gasteiger partial charge in [0.2, 0.25) is 5.82 Å². The van der Waals surface area contributed by atoms with Gasteiger partial charge in [0.05, 0.1) is 27.9 Å². The number of nitrogens with zero attached hydrogens (tertiary/aromatic N) is 3. The lowest BCUT2D eigenvalue weighted by molar-refractivity contribution is 0.160. The molecule has 8 nitrogen and oxygen atoms in total. The van der Waals surface area contributed by atoms with Crippen molar-refractivity contribution in [3.05, 3.63) is 70.0 Å². The number of piperidine rings is 1. The molecule has 0 atom stereocenters. The maximum Gasteiger partial charge on any atom is 0.263 e. The molecule has 1 N–H and O–H groups in total. The van der Waals surface area contributed by atoms with Crippen LogP contribution in [0.25, 0.3) is 0 Å². The second kappa shape index (κ2) is 11.5. The third-order valence-electron chi connectivity index (χ3n) is 7.09. The summed E-state index contributed by atoms with van der Waals surface area (Å²) in [4.78, 5) is 11.7. The molecule has 5 rings (SSSR count). The fraction of sp³-hybridized carbons (Fsp3) is 0.429. The lowest BCUT2D eigenvalue weighted by Gasteiger charge is -2.28. The van der Waals surface area contributed by atoms with Crippen LogP contribution in [0.5, 0.6) is 11.6 Å². The zero-order chi connectivity index (χ0) is 26.7. The van der Waals surface area contributed by atoms with Gasteiger partial charge in [-0.15, -0.1) is 0 Å². The number of fused-ring (bicyclic) bond motifs is 1. The van der Waals surface area contributed by atoms with Crippen molar-refractivity contribution in [1.82, 2.24) is 14.9 Å². The predicted octanol–water partition coefficient (Wildman–Crippen LogP) is 5.03. The number of aromatic nitrogens is 2. The zero-order valence-electron chi connectivity index (χ0n) is 21.7. The summed E-state index contributed by atoms with van der Waals surface area (Å²) >= 11 is 6.41. The van der Waals surface area contributed by atoms with Crippen molar-refractivity contribution < 1.29 is 17.9 Å². The van der Waals surface area contributed by atoms with Crippen LogP contribution in [0.4, 0.5) is 5.82 Å². The minimum Gasteiger partial charge on any atom is -0.492 e. The van der Waals surface area contributed by atoms with E-state index < -0.39 is 10.0 Å². The molecule has 2 aliphatic rings. The number of likely N-dealkylation sites (tertiary alicyclic amines) is 1. The van der Waals surface area contributed by atoms with Crippen molar-refractivity contribution in [2.45, 2.75) is 50.5 Å². The van der Waals surface area contributed by atoms with Gasteiger partial charge in [-0.1, -0.05) is 35.4 Å². The molecule has 1 aromatic heterocycles. The van der Waals surface area contributed by atoms with Gasteiger partial charge in [0, 0.05) is 0 Å². The quantitative estimate of drug-likeness (QED) is 0.395. The van der Waals surface area contributed by atoms with Gasteiger partial charge in [-0.25, -0.2) is 18.4 Å². The van der Waals surface area contributed by atoms with Crippen LogP contribution in [0, 0.1) is 12.8 Å². The summed E-state index contributed by atoms with van der Waals surface area (Å²) < 4.78 is 40.9. The summed E-state index contributed by atoms with van der Waals surface area (Å²) in [6.45, 7) is 4.85. The zero-order valence-corrected chi connectivity index (χ0v) is 23.3. The number of hydrogen-bond acceptors (Lipinski definition) is 7. The van der Waals surface area contributed by atoms with E-state index in [1.165, 1.54) is 0 Å². The number of halogens is 1. The first-order valence-corrected chi connectivity index (χ1v) is 14.8. The first-order valence-electron chi connectivity index (χ1n) is 13.0. The normalized spacial score (nSPS) is 16.3. The van der Waals surface area contributed by atoms with Crippen molar-refractivity contribution in [1.29, 1.82) is 0 Å². The molecule has 2 heterocycles. The molecule has 1 saturated heterocycles. The SMILES string of the molecule is Cc1ccc(S(=O)(=O)Nc2nc3c(nc2OCc2ccc(Cl)c(OCC4CCN(C)CC4)c2)CCC3)cc1. The first kappa shape index (κ1) is 26.7. The molecule has 3 aromatic rings. The van der Waals surface area contributed by atoms with Gasteiger partial charge in [-0.3, -0.25) is 4.72 Å². The summed E-state index contributed by atoms with van der Waals surface area (Å²) in [5, 5.41) is 0.547. The molecule has 2 aromatic carbocycles. The Bertz CT molecular complexity index is 1390. The van der Waals surface area contributed by atoms with Crippen molar-refractivity contribution in [2.75, 3.05) is 31.5 Å². The van der Waals surface area contributed by atoms with Crippen molar-refractivity contribution in [3.63, 3.8) is 0 Å². The fourth-order valence-electron chi connectivity index (χ4n) is 4.72. The summed E-state index contributed by atoms with van der Waals surface area (Å²) in [6, 6.07) is 12.2. The average molecular weight is 557 g/mol. The van der Waals surface area contributed by atoms with E-state index in [4.69, 9.17) is 21.1 Å². The van der Waals surface area contributed by atoms with Crippen LogP contribution in [0.1, 0.15) is 41.8 Å². The third-order valence-corrected chi connectivity index (χ3v) is 8.76.